The van der Waals surface area contributed by atoms with Crippen molar-refractivity contribution in [2.45, 2.75) is 39.3 Å². The van der Waals surface area contributed by atoms with Crippen molar-refractivity contribution in [1.82, 2.24) is 10.2 Å². The molecule has 0 radical (unpaired) electrons. The second-order valence-electron chi connectivity index (χ2n) is 6.46. The fourth-order valence-corrected chi connectivity index (χ4v) is 3.49. The summed E-state index contributed by atoms with van der Waals surface area (Å²) in [4.78, 5) is 27.1. The van der Waals surface area contributed by atoms with E-state index in [0.717, 1.165) is 16.7 Å². The van der Waals surface area contributed by atoms with Crippen molar-refractivity contribution in [3.05, 3.63) is 69.2 Å². The zero-order valence-corrected chi connectivity index (χ0v) is 17.3. The summed E-state index contributed by atoms with van der Waals surface area (Å²) in [5.74, 6) is -0.317. The van der Waals surface area contributed by atoms with E-state index < -0.39 is 6.04 Å². The molecule has 1 atom stereocenters. The maximum Gasteiger partial charge on any atom is 0.242 e. The first kappa shape index (κ1) is 21.3. The second-order valence-corrected chi connectivity index (χ2v) is 7.31. The van der Waals surface area contributed by atoms with E-state index in [1.165, 1.54) is 0 Å². The molecule has 0 aliphatic rings. The molecule has 6 heteroatoms. The predicted octanol–water partition coefficient (Wildman–Crippen LogP) is 4.40. The molecule has 0 aliphatic carbocycles. The van der Waals surface area contributed by atoms with Gasteiger partial charge in [-0.3, -0.25) is 9.59 Å². The van der Waals surface area contributed by atoms with Crippen LogP contribution in [0.1, 0.15) is 30.0 Å². The molecule has 0 fully saturated rings. The lowest BCUT2D eigenvalue weighted by atomic mass is 10.1. The Morgan fingerprint density at radius 1 is 1.15 bits per heavy atom. The molecule has 0 unspecified atom stereocenters. The van der Waals surface area contributed by atoms with E-state index >= 15 is 0 Å². The van der Waals surface area contributed by atoms with E-state index in [2.05, 4.69) is 5.32 Å². The Hall–Kier alpha value is -2.04. The monoisotopic (exact) mass is 406 g/mol. The average molecular weight is 407 g/mol. The number of nitrogens with zero attached hydrogens (tertiary/aromatic N) is 1. The van der Waals surface area contributed by atoms with Gasteiger partial charge in [-0.2, -0.15) is 0 Å². The summed E-state index contributed by atoms with van der Waals surface area (Å²) in [5, 5.41) is 3.65. The molecule has 0 saturated heterocycles. The number of benzene rings is 2. The van der Waals surface area contributed by atoms with Crippen LogP contribution < -0.4 is 5.32 Å². The number of likely N-dealkylation sites (N-methyl/N-ethyl adjacent to an activating group) is 1. The van der Waals surface area contributed by atoms with Crippen LogP contribution in [-0.4, -0.2) is 29.8 Å². The van der Waals surface area contributed by atoms with Crippen LogP contribution in [0.15, 0.2) is 42.5 Å². The molecule has 0 saturated carbocycles. The topological polar surface area (TPSA) is 49.4 Å². The number of halogens is 2. The Morgan fingerprint density at radius 2 is 1.89 bits per heavy atom. The number of nitrogens with one attached hydrogen (secondary N) is 1. The van der Waals surface area contributed by atoms with Gasteiger partial charge in [0.2, 0.25) is 11.8 Å². The molecule has 0 spiro atoms. The molecule has 1 N–H and O–H groups in total. The van der Waals surface area contributed by atoms with Gasteiger partial charge in [-0.05, 0) is 36.6 Å². The van der Waals surface area contributed by atoms with Crippen molar-refractivity contribution in [3.63, 3.8) is 0 Å². The molecule has 0 bridgehead atoms. The zero-order valence-electron chi connectivity index (χ0n) is 15.8. The molecular formula is C21H24Cl2N2O2. The van der Waals surface area contributed by atoms with Crippen molar-refractivity contribution < 1.29 is 9.59 Å². The Bertz CT molecular complexity index is 824. The standard InChI is InChI=1S/C21H24Cl2N2O2/c1-4-19(21(27)24-3)25(13-16-8-9-17(22)12-18(16)23)20(26)11-15-7-5-6-14(2)10-15/h5-10,12,19H,4,11,13H2,1-3H3,(H,24,27)/t19-/m1/s1. The van der Waals surface area contributed by atoms with Gasteiger partial charge < -0.3 is 10.2 Å². The van der Waals surface area contributed by atoms with Crippen molar-refractivity contribution >= 4 is 35.0 Å². The molecule has 2 amide bonds. The first-order valence-electron chi connectivity index (χ1n) is 8.86. The van der Waals surface area contributed by atoms with E-state index in [9.17, 15) is 9.59 Å². The van der Waals surface area contributed by atoms with Gasteiger partial charge in [-0.25, -0.2) is 0 Å². The van der Waals surface area contributed by atoms with Gasteiger partial charge in [0.1, 0.15) is 6.04 Å². The minimum atomic E-state index is -0.570. The van der Waals surface area contributed by atoms with E-state index in [1.807, 2.05) is 38.1 Å². The van der Waals surface area contributed by atoms with Crippen LogP contribution in [0.4, 0.5) is 0 Å². The van der Waals surface area contributed by atoms with Crippen LogP contribution in [-0.2, 0) is 22.6 Å². The second kappa shape index (κ2) is 9.77. The quantitative estimate of drug-likeness (QED) is 0.740. The summed E-state index contributed by atoms with van der Waals surface area (Å²) in [6.45, 7) is 4.11. The SMILES string of the molecule is CC[C@H](C(=O)NC)N(Cc1ccc(Cl)cc1Cl)C(=O)Cc1cccc(C)c1. The minimum Gasteiger partial charge on any atom is -0.357 e. The number of rotatable bonds is 7. The fourth-order valence-electron chi connectivity index (χ4n) is 3.02. The van der Waals surface area contributed by atoms with Gasteiger partial charge in [0.05, 0.1) is 6.42 Å². The molecule has 2 aromatic rings. The molecule has 4 nitrogen and oxygen atoms in total. The zero-order chi connectivity index (χ0) is 20.0. The third-order valence-electron chi connectivity index (χ3n) is 4.43. The number of carbonyl (C=O) groups excluding carboxylic acids is 2. The smallest absolute Gasteiger partial charge is 0.242 e. The Balaban J connectivity index is 2.33. The molecule has 0 aliphatic heterocycles. The molecule has 0 aromatic heterocycles. The van der Waals surface area contributed by atoms with Crippen molar-refractivity contribution in [2.24, 2.45) is 0 Å². The van der Waals surface area contributed by atoms with Crippen LogP contribution in [0, 0.1) is 6.92 Å². The highest BCUT2D eigenvalue weighted by Gasteiger charge is 2.28. The summed E-state index contributed by atoms with van der Waals surface area (Å²) in [6, 6.07) is 12.4. The lowest BCUT2D eigenvalue weighted by Crippen LogP contribution is -2.48. The summed E-state index contributed by atoms with van der Waals surface area (Å²) < 4.78 is 0. The number of aryl methyl sites for hydroxylation is 1. The maximum atomic E-state index is 13.1. The van der Waals surface area contributed by atoms with Crippen molar-refractivity contribution in [3.8, 4) is 0 Å². The Labute approximate surface area is 170 Å². The van der Waals surface area contributed by atoms with Crippen LogP contribution >= 0.6 is 23.2 Å². The largest absolute Gasteiger partial charge is 0.357 e. The minimum absolute atomic E-state index is 0.123. The number of carbonyl (C=O) groups is 2. The maximum absolute atomic E-state index is 13.1. The van der Waals surface area contributed by atoms with E-state index in [4.69, 9.17) is 23.2 Å². The van der Waals surface area contributed by atoms with Gasteiger partial charge in [-0.1, -0.05) is 66.0 Å². The van der Waals surface area contributed by atoms with Gasteiger partial charge >= 0.3 is 0 Å². The Kier molecular flexibility index (Phi) is 7.69. The highest BCUT2D eigenvalue weighted by molar-refractivity contribution is 6.35. The number of hydrogen-bond donors (Lipinski definition) is 1. The lowest BCUT2D eigenvalue weighted by Gasteiger charge is -2.30. The van der Waals surface area contributed by atoms with E-state index in [-0.39, 0.29) is 24.8 Å². The van der Waals surface area contributed by atoms with Crippen LogP contribution in [0.2, 0.25) is 10.0 Å². The van der Waals surface area contributed by atoms with Crippen LogP contribution in [0.5, 0.6) is 0 Å². The molecule has 0 heterocycles. The van der Waals surface area contributed by atoms with Crippen molar-refractivity contribution in [1.29, 1.82) is 0 Å². The van der Waals surface area contributed by atoms with Crippen molar-refractivity contribution in [2.75, 3.05) is 7.05 Å². The van der Waals surface area contributed by atoms with Crippen LogP contribution in [0.3, 0.4) is 0 Å². The van der Waals surface area contributed by atoms with Gasteiger partial charge in [0.25, 0.3) is 0 Å². The Morgan fingerprint density at radius 3 is 2.48 bits per heavy atom. The summed E-state index contributed by atoms with van der Waals surface area (Å²) in [5.41, 5.74) is 2.76. The summed E-state index contributed by atoms with van der Waals surface area (Å²) in [7, 11) is 1.57. The van der Waals surface area contributed by atoms with Gasteiger partial charge in [0.15, 0.2) is 0 Å². The molecule has 27 heavy (non-hydrogen) atoms. The first-order valence-corrected chi connectivity index (χ1v) is 9.61. The van der Waals surface area contributed by atoms with Crippen LogP contribution in [0.25, 0.3) is 0 Å². The average Bonchev–Trinajstić information content (AvgIpc) is 2.62. The molecular weight excluding hydrogens is 383 g/mol. The predicted molar refractivity (Wildman–Crippen MR) is 110 cm³/mol. The molecule has 144 valence electrons. The first-order chi connectivity index (χ1) is 12.8. The highest BCUT2D eigenvalue weighted by Crippen LogP contribution is 2.24. The highest BCUT2D eigenvalue weighted by atomic mass is 35.5. The number of amides is 2. The third-order valence-corrected chi connectivity index (χ3v) is 5.01. The van der Waals surface area contributed by atoms with E-state index in [1.54, 1.807) is 30.1 Å². The fraction of sp³-hybridized carbons (Fsp3) is 0.333. The normalized spacial score (nSPS) is 11.7. The van der Waals surface area contributed by atoms with Gasteiger partial charge in [0, 0.05) is 23.6 Å². The third kappa shape index (κ3) is 5.72. The summed E-state index contributed by atoms with van der Waals surface area (Å²) in [6.07, 6.45) is 0.727. The lowest BCUT2D eigenvalue weighted by molar-refractivity contribution is -0.140. The van der Waals surface area contributed by atoms with Gasteiger partial charge in [-0.15, -0.1) is 0 Å². The number of hydrogen-bond acceptors (Lipinski definition) is 2. The van der Waals surface area contributed by atoms with E-state index in [0.29, 0.717) is 16.5 Å². The summed E-state index contributed by atoms with van der Waals surface area (Å²) >= 11 is 12.3. The molecule has 2 rings (SSSR count). The molecule has 2 aromatic carbocycles.